The van der Waals surface area contributed by atoms with Gasteiger partial charge in [0, 0.05) is 6.54 Å². The Hall–Kier alpha value is -2.34. The highest BCUT2D eigenvalue weighted by Gasteiger charge is 2.17. The van der Waals surface area contributed by atoms with Gasteiger partial charge in [0.05, 0.1) is 18.9 Å². The van der Waals surface area contributed by atoms with Crippen LogP contribution in [-0.4, -0.2) is 24.6 Å². The number of rotatable bonds is 5. The first-order valence-corrected chi connectivity index (χ1v) is 5.79. The third-order valence-electron chi connectivity index (χ3n) is 2.36. The molecule has 0 radical (unpaired) electrons. The van der Waals surface area contributed by atoms with Crippen LogP contribution in [0, 0.1) is 0 Å². The molecule has 6 nitrogen and oxygen atoms in total. The van der Waals surface area contributed by atoms with E-state index in [0.717, 1.165) is 5.56 Å². The van der Waals surface area contributed by atoms with E-state index in [1.54, 1.807) is 13.2 Å². The number of para-hydroxylation sites is 1. The summed E-state index contributed by atoms with van der Waals surface area (Å²) in [5.74, 6) is 0.316. The number of hydrogen-bond donors (Lipinski definition) is 1. The molecule has 0 bridgehead atoms. The predicted molar refractivity (Wildman–Crippen MR) is 67.6 cm³/mol. The third kappa shape index (κ3) is 2.92. The van der Waals surface area contributed by atoms with Crippen LogP contribution < -0.4 is 10.2 Å². The average molecular weight is 262 g/mol. The fourth-order valence-electron chi connectivity index (χ4n) is 1.52. The highest BCUT2D eigenvalue weighted by atomic mass is 16.7. The molecule has 100 valence electrons. The summed E-state index contributed by atoms with van der Waals surface area (Å²) in [6, 6.07) is 7.31. The number of nitrogens with zero attached hydrogens (tertiary/aromatic N) is 1. The smallest absolute Gasteiger partial charge is 0.413 e. The number of hydroxylamine groups is 1. The number of hydrogen-bond acceptors (Lipinski definition) is 6. The number of nitrogens with one attached hydrogen (secondary N) is 1. The number of carbonyl (C=O) groups excluding carboxylic acids is 1. The van der Waals surface area contributed by atoms with Crippen LogP contribution in [0.3, 0.4) is 0 Å². The number of oxazole rings is 1. The summed E-state index contributed by atoms with van der Waals surface area (Å²) in [4.78, 5) is 20.1. The first-order valence-electron chi connectivity index (χ1n) is 5.79. The second-order valence-electron chi connectivity index (χ2n) is 3.62. The zero-order valence-electron chi connectivity index (χ0n) is 10.7. The quantitative estimate of drug-likeness (QED) is 0.831. The normalized spacial score (nSPS) is 10.2. The Labute approximate surface area is 110 Å². The molecular weight excluding hydrogens is 248 g/mol. The Morgan fingerprint density at radius 1 is 1.42 bits per heavy atom. The molecule has 19 heavy (non-hydrogen) atoms. The molecule has 6 heteroatoms. The number of ether oxygens (including phenoxy) is 1. The highest BCUT2D eigenvalue weighted by Crippen LogP contribution is 2.29. The minimum atomic E-state index is -0.664. The van der Waals surface area contributed by atoms with Gasteiger partial charge in [-0.05, 0) is 19.1 Å². The fourth-order valence-corrected chi connectivity index (χ4v) is 1.52. The zero-order valence-corrected chi connectivity index (χ0v) is 10.7. The van der Waals surface area contributed by atoms with Crippen molar-refractivity contribution in [2.45, 2.75) is 6.92 Å². The monoisotopic (exact) mass is 262 g/mol. The van der Waals surface area contributed by atoms with E-state index < -0.39 is 5.97 Å². The van der Waals surface area contributed by atoms with Gasteiger partial charge < -0.3 is 14.0 Å². The topological polar surface area (TPSA) is 73.6 Å². The van der Waals surface area contributed by atoms with Crippen molar-refractivity contribution in [2.24, 2.45) is 0 Å². The van der Waals surface area contributed by atoms with Crippen molar-refractivity contribution in [3.8, 4) is 17.1 Å². The Balaban J connectivity index is 2.23. The molecule has 1 aromatic carbocycles. The molecule has 1 heterocycles. The van der Waals surface area contributed by atoms with E-state index in [9.17, 15) is 4.79 Å². The van der Waals surface area contributed by atoms with Gasteiger partial charge in [-0.2, -0.15) is 5.48 Å². The standard InChI is InChI=1S/C13H14N2O4/c1-3-15-19-13(16)12-14-8-11(18-12)9-6-4-5-7-10(9)17-2/h4-8,15H,3H2,1-2H3. The second-order valence-corrected chi connectivity index (χ2v) is 3.62. The van der Waals surface area contributed by atoms with Gasteiger partial charge in [-0.15, -0.1) is 0 Å². The van der Waals surface area contributed by atoms with E-state index in [4.69, 9.17) is 14.0 Å². The zero-order chi connectivity index (χ0) is 13.7. The van der Waals surface area contributed by atoms with E-state index >= 15 is 0 Å². The maximum absolute atomic E-state index is 11.5. The lowest BCUT2D eigenvalue weighted by atomic mass is 10.1. The van der Waals surface area contributed by atoms with Crippen molar-refractivity contribution in [3.63, 3.8) is 0 Å². The lowest BCUT2D eigenvalue weighted by molar-refractivity contribution is 0.0221. The van der Waals surface area contributed by atoms with Gasteiger partial charge in [-0.1, -0.05) is 12.1 Å². The molecule has 0 saturated heterocycles. The lowest BCUT2D eigenvalue weighted by Gasteiger charge is -2.04. The number of aromatic nitrogens is 1. The van der Waals surface area contributed by atoms with Crippen molar-refractivity contribution in [3.05, 3.63) is 36.4 Å². The van der Waals surface area contributed by atoms with Crippen LogP contribution in [0.1, 0.15) is 17.6 Å². The van der Waals surface area contributed by atoms with Crippen molar-refractivity contribution < 1.29 is 18.8 Å². The van der Waals surface area contributed by atoms with Crippen LogP contribution >= 0.6 is 0 Å². The maximum Gasteiger partial charge on any atom is 0.413 e. The SMILES string of the molecule is CCNOC(=O)c1ncc(-c2ccccc2OC)o1. The molecule has 0 spiro atoms. The van der Waals surface area contributed by atoms with Crippen molar-refractivity contribution >= 4 is 5.97 Å². The number of benzene rings is 1. The molecule has 0 amide bonds. The fraction of sp³-hybridized carbons (Fsp3) is 0.231. The first kappa shape index (κ1) is 13.1. The molecule has 1 N–H and O–H groups in total. The van der Waals surface area contributed by atoms with Gasteiger partial charge in [-0.3, -0.25) is 0 Å². The summed E-state index contributed by atoms with van der Waals surface area (Å²) in [6.07, 6.45) is 1.46. The molecule has 2 rings (SSSR count). The molecule has 0 aliphatic heterocycles. The van der Waals surface area contributed by atoms with Gasteiger partial charge >= 0.3 is 11.9 Å². The van der Waals surface area contributed by atoms with E-state index in [1.807, 2.05) is 25.1 Å². The summed E-state index contributed by atoms with van der Waals surface area (Å²) >= 11 is 0. The van der Waals surface area contributed by atoms with Crippen LogP contribution in [0.5, 0.6) is 5.75 Å². The summed E-state index contributed by atoms with van der Waals surface area (Å²) in [7, 11) is 1.57. The Bertz CT molecular complexity index is 565. The largest absolute Gasteiger partial charge is 0.496 e. The Morgan fingerprint density at radius 3 is 2.95 bits per heavy atom. The van der Waals surface area contributed by atoms with Crippen LogP contribution in [0.2, 0.25) is 0 Å². The average Bonchev–Trinajstić information content (AvgIpc) is 2.94. The molecular formula is C13H14N2O4. The molecule has 0 fully saturated rings. The Morgan fingerprint density at radius 2 is 2.21 bits per heavy atom. The lowest BCUT2D eigenvalue weighted by Crippen LogP contribution is -2.19. The number of methoxy groups -OCH3 is 1. The predicted octanol–water partition coefficient (Wildman–Crippen LogP) is 2.03. The molecule has 0 aliphatic carbocycles. The molecule has 1 aromatic heterocycles. The van der Waals surface area contributed by atoms with Crippen LogP contribution in [0.25, 0.3) is 11.3 Å². The minimum Gasteiger partial charge on any atom is -0.496 e. The molecule has 0 atom stereocenters. The molecule has 2 aromatic rings. The summed E-state index contributed by atoms with van der Waals surface area (Å²) in [6.45, 7) is 2.31. The van der Waals surface area contributed by atoms with Crippen molar-refractivity contribution in [2.75, 3.05) is 13.7 Å². The summed E-state index contributed by atoms with van der Waals surface area (Å²) < 4.78 is 10.6. The van der Waals surface area contributed by atoms with Gasteiger partial charge in [0.15, 0.2) is 5.76 Å². The van der Waals surface area contributed by atoms with E-state index in [1.165, 1.54) is 6.20 Å². The molecule has 0 aliphatic rings. The minimum absolute atomic E-state index is 0.109. The van der Waals surface area contributed by atoms with E-state index in [-0.39, 0.29) is 5.89 Å². The van der Waals surface area contributed by atoms with Crippen molar-refractivity contribution in [1.29, 1.82) is 0 Å². The van der Waals surface area contributed by atoms with Crippen LogP contribution in [0.4, 0.5) is 0 Å². The van der Waals surface area contributed by atoms with Crippen molar-refractivity contribution in [1.82, 2.24) is 10.5 Å². The Kier molecular flexibility index (Phi) is 4.15. The molecule has 0 saturated carbocycles. The maximum atomic E-state index is 11.5. The highest BCUT2D eigenvalue weighted by molar-refractivity contribution is 5.84. The summed E-state index contributed by atoms with van der Waals surface area (Å²) in [5, 5.41) is 0. The van der Waals surface area contributed by atoms with E-state index in [0.29, 0.717) is 18.1 Å². The van der Waals surface area contributed by atoms with Crippen LogP contribution in [-0.2, 0) is 4.84 Å². The first-order chi connectivity index (χ1) is 9.26. The van der Waals surface area contributed by atoms with Gasteiger partial charge in [0.25, 0.3) is 0 Å². The van der Waals surface area contributed by atoms with E-state index in [2.05, 4.69) is 10.5 Å². The third-order valence-corrected chi connectivity index (χ3v) is 2.36. The van der Waals surface area contributed by atoms with Crippen LogP contribution in [0.15, 0.2) is 34.9 Å². The van der Waals surface area contributed by atoms with Gasteiger partial charge in [0.1, 0.15) is 5.75 Å². The molecule has 0 unspecified atom stereocenters. The van der Waals surface area contributed by atoms with Gasteiger partial charge in [0.2, 0.25) is 0 Å². The second kappa shape index (κ2) is 6.01. The summed E-state index contributed by atoms with van der Waals surface area (Å²) in [5.41, 5.74) is 3.17. The number of carbonyl (C=O) groups is 1. The van der Waals surface area contributed by atoms with Gasteiger partial charge in [-0.25, -0.2) is 9.78 Å².